The number of nitrogen functional groups attached to an aromatic ring is 1. The van der Waals surface area contributed by atoms with E-state index >= 15 is 0 Å². The number of hydrogen-bond donors (Lipinski definition) is 1. The Morgan fingerprint density at radius 2 is 2.20 bits per heavy atom. The molecule has 0 radical (unpaired) electrons. The number of fused-ring (bicyclic) bond motifs is 1. The Morgan fingerprint density at radius 1 is 1.40 bits per heavy atom. The normalized spacial score (nSPS) is 22.0. The third kappa shape index (κ3) is 1.16. The minimum atomic E-state index is -4.09. The van der Waals surface area contributed by atoms with E-state index in [1.54, 1.807) is 4.68 Å². The van der Waals surface area contributed by atoms with Crippen molar-refractivity contribution < 1.29 is 16.9 Å². The van der Waals surface area contributed by atoms with Crippen molar-refractivity contribution in [2.45, 2.75) is 13.0 Å². The second kappa shape index (κ2) is 2.55. The van der Waals surface area contributed by atoms with Gasteiger partial charge in [-0.15, -0.1) is 9.38 Å². The summed E-state index contributed by atoms with van der Waals surface area (Å²) < 4.78 is 33.3. The first-order valence-electron chi connectivity index (χ1n) is 4.35. The molecule has 3 heterocycles. The fourth-order valence-corrected chi connectivity index (χ4v) is 2.40. The first-order valence-corrected chi connectivity index (χ1v) is 5.68. The smallest absolute Gasteiger partial charge is 0.391 e. The van der Waals surface area contributed by atoms with Crippen molar-refractivity contribution >= 4 is 21.9 Å². The van der Waals surface area contributed by atoms with Gasteiger partial charge in [-0.1, -0.05) is 0 Å². The number of nitrogens with two attached hydrogens (primary N) is 1. The fraction of sp³-hybridized carbons (Fsp3) is 0.500. The van der Waals surface area contributed by atoms with Gasteiger partial charge in [0, 0.05) is 6.54 Å². The summed E-state index contributed by atoms with van der Waals surface area (Å²) in [7, 11) is -4.09. The first-order chi connectivity index (χ1) is 7.07. The van der Waals surface area contributed by atoms with Crippen molar-refractivity contribution in [1.82, 2.24) is 9.78 Å². The van der Waals surface area contributed by atoms with Gasteiger partial charge < -0.3 is 9.92 Å². The molecule has 0 saturated heterocycles. The summed E-state index contributed by atoms with van der Waals surface area (Å²) in [6, 6.07) is 0. The number of nitrogens with zero attached hydrogens (tertiary/aromatic N) is 3. The van der Waals surface area contributed by atoms with Gasteiger partial charge in [0.1, 0.15) is 5.69 Å². The van der Waals surface area contributed by atoms with Gasteiger partial charge in [-0.2, -0.15) is 8.42 Å². The number of aromatic nitrogens is 2. The van der Waals surface area contributed by atoms with Crippen molar-refractivity contribution in [3.63, 3.8) is 0 Å². The predicted octanol–water partition coefficient (Wildman–Crippen LogP) is -0.756. The van der Waals surface area contributed by atoms with Gasteiger partial charge in [-0.05, 0) is 6.42 Å². The van der Waals surface area contributed by atoms with Gasteiger partial charge in [-0.3, -0.25) is 0 Å². The number of hydroxylamine groups is 1. The molecule has 2 aliphatic heterocycles. The summed E-state index contributed by atoms with van der Waals surface area (Å²) in [6.45, 7) is 1.11. The third-order valence-corrected chi connectivity index (χ3v) is 2.98. The molecule has 3 rings (SSSR count). The number of anilines is 2. The molecule has 15 heavy (non-hydrogen) atoms. The largest absolute Gasteiger partial charge is 0.472 e. The van der Waals surface area contributed by atoms with Crippen LogP contribution < -0.4 is 15.0 Å². The quantitative estimate of drug-likeness (QED) is 0.627. The lowest BCUT2D eigenvalue weighted by atomic mass is 10.3. The molecule has 0 amide bonds. The van der Waals surface area contributed by atoms with E-state index in [0.29, 0.717) is 18.9 Å². The molecular formula is C6H8N4O4S. The first kappa shape index (κ1) is 8.80. The summed E-state index contributed by atoms with van der Waals surface area (Å²) in [5.41, 5.74) is 5.88. The van der Waals surface area contributed by atoms with E-state index in [0.717, 1.165) is 6.42 Å². The van der Waals surface area contributed by atoms with Crippen LogP contribution in [0.1, 0.15) is 6.42 Å². The lowest BCUT2D eigenvalue weighted by Crippen LogP contribution is -2.36. The minimum absolute atomic E-state index is 0.116. The van der Waals surface area contributed by atoms with Crippen molar-refractivity contribution in [3.05, 3.63) is 0 Å². The standard InChI is InChI=1S/C6H8N4O4S/c7-4-5-8-9-2-1-3-10(6(4)9)14-15(11,12)13-5/h1-3,7H2. The topological polar surface area (TPSA) is 99.7 Å². The van der Waals surface area contributed by atoms with Crippen molar-refractivity contribution in [2.75, 3.05) is 17.3 Å². The van der Waals surface area contributed by atoms with Crippen molar-refractivity contribution in [3.8, 4) is 5.88 Å². The fourth-order valence-electron chi connectivity index (χ4n) is 1.69. The molecule has 0 fully saturated rings. The highest BCUT2D eigenvalue weighted by Crippen LogP contribution is 2.38. The average molecular weight is 232 g/mol. The van der Waals surface area contributed by atoms with Crippen LogP contribution in [0.3, 0.4) is 0 Å². The van der Waals surface area contributed by atoms with E-state index in [1.807, 2.05) is 0 Å². The zero-order valence-electron chi connectivity index (χ0n) is 7.58. The molecule has 1 aromatic heterocycles. The number of hydrogen-bond acceptors (Lipinski definition) is 7. The second-order valence-corrected chi connectivity index (χ2v) is 4.42. The molecule has 0 spiro atoms. The zero-order valence-corrected chi connectivity index (χ0v) is 8.40. The van der Waals surface area contributed by atoms with Crippen LogP contribution in [0.5, 0.6) is 5.88 Å². The lowest BCUT2D eigenvalue weighted by molar-refractivity contribution is 0.220. The van der Waals surface area contributed by atoms with E-state index in [1.165, 1.54) is 5.06 Å². The Bertz CT molecular complexity index is 521. The van der Waals surface area contributed by atoms with Gasteiger partial charge in [0.05, 0.1) is 6.54 Å². The van der Waals surface area contributed by atoms with E-state index in [9.17, 15) is 8.42 Å². The van der Waals surface area contributed by atoms with E-state index in [2.05, 4.69) is 9.28 Å². The Hall–Kier alpha value is -1.48. The van der Waals surface area contributed by atoms with Crippen molar-refractivity contribution in [2.24, 2.45) is 0 Å². The molecule has 2 N–H and O–H groups in total. The Kier molecular flexibility index (Phi) is 1.50. The van der Waals surface area contributed by atoms with Gasteiger partial charge in [0.2, 0.25) is 0 Å². The molecule has 0 aromatic carbocycles. The SMILES string of the molecule is Nc1c2nn3c1N(CCC3)OS(=O)(=O)O2. The van der Waals surface area contributed by atoms with E-state index in [4.69, 9.17) is 10.0 Å². The predicted molar refractivity (Wildman–Crippen MR) is 49.2 cm³/mol. The Balaban J connectivity index is 2.25. The monoisotopic (exact) mass is 232 g/mol. The van der Waals surface area contributed by atoms with Gasteiger partial charge in [0.25, 0.3) is 5.88 Å². The number of aryl methyl sites for hydroxylation is 1. The van der Waals surface area contributed by atoms with Crippen LogP contribution in [-0.2, 0) is 21.2 Å². The Labute approximate surface area is 85.4 Å². The highest BCUT2D eigenvalue weighted by atomic mass is 32.3. The minimum Gasteiger partial charge on any atom is -0.391 e. The molecule has 0 unspecified atom stereocenters. The van der Waals surface area contributed by atoms with Crippen molar-refractivity contribution in [1.29, 1.82) is 0 Å². The van der Waals surface area contributed by atoms with Crippen LogP contribution in [-0.4, -0.2) is 24.7 Å². The third-order valence-electron chi connectivity index (χ3n) is 2.26. The maximum absolute atomic E-state index is 11.2. The number of rotatable bonds is 0. The summed E-state index contributed by atoms with van der Waals surface area (Å²) in [5.74, 6) is 0.326. The molecule has 0 aliphatic carbocycles. The van der Waals surface area contributed by atoms with E-state index in [-0.39, 0.29) is 11.6 Å². The van der Waals surface area contributed by atoms with Crippen LogP contribution in [0.15, 0.2) is 0 Å². The molecule has 8 nitrogen and oxygen atoms in total. The van der Waals surface area contributed by atoms with Crippen LogP contribution in [0.25, 0.3) is 0 Å². The maximum atomic E-state index is 11.2. The summed E-state index contributed by atoms with van der Waals surface area (Å²) in [6.07, 6.45) is 0.739. The van der Waals surface area contributed by atoms with Crippen LogP contribution in [0, 0.1) is 0 Å². The molecule has 0 saturated carbocycles. The highest BCUT2D eigenvalue weighted by Gasteiger charge is 2.36. The van der Waals surface area contributed by atoms with Gasteiger partial charge in [0.15, 0.2) is 5.82 Å². The van der Waals surface area contributed by atoms with Crippen LogP contribution in [0.4, 0.5) is 11.5 Å². The molecule has 2 aliphatic rings. The van der Waals surface area contributed by atoms with Gasteiger partial charge in [-0.25, -0.2) is 9.75 Å². The molecule has 1 aromatic rings. The molecule has 0 atom stereocenters. The molecular weight excluding hydrogens is 224 g/mol. The maximum Gasteiger partial charge on any atom is 0.472 e. The molecule has 9 heteroatoms. The van der Waals surface area contributed by atoms with E-state index < -0.39 is 10.4 Å². The second-order valence-electron chi connectivity index (χ2n) is 3.29. The summed E-state index contributed by atoms with van der Waals surface area (Å²) in [5, 5.41) is 5.13. The molecule has 82 valence electrons. The summed E-state index contributed by atoms with van der Waals surface area (Å²) in [4.78, 5) is 0. The average Bonchev–Trinajstić information content (AvgIpc) is 2.38. The lowest BCUT2D eigenvalue weighted by Gasteiger charge is -2.26. The zero-order chi connectivity index (χ0) is 10.6. The van der Waals surface area contributed by atoms with Gasteiger partial charge >= 0.3 is 10.4 Å². The highest BCUT2D eigenvalue weighted by molar-refractivity contribution is 7.82. The van der Waals surface area contributed by atoms with Crippen LogP contribution in [0.2, 0.25) is 0 Å². The Morgan fingerprint density at radius 3 is 3.00 bits per heavy atom. The summed E-state index contributed by atoms with van der Waals surface area (Å²) >= 11 is 0. The van der Waals surface area contributed by atoms with Crippen LogP contribution >= 0.6 is 0 Å². The molecule has 2 bridgehead atoms.